The monoisotopic (exact) mass is 409 g/mol. The molecule has 28 heavy (non-hydrogen) atoms. The Bertz CT molecular complexity index is 810. The van der Waals surface area contributed by atoms with Gasteiger partial charge in [-0.15, -0.1) is 0 Å². The number of alkyl halides is 3. The predicted octanol–water partition coefficient (Wildman–Crippen LogP) is 5.63. The number of hydrogen-bond acceptors (Lipinski definition) is 3. The summed E-state index contributed by atoms with van der Waals surface area (Å²) in [4.78, 5) is 3.98. The SMILES string of the molecule is C=C(NC(=S)Nc1ccc(OCCCCC)c(C(F)(F)F)c1)c1cccnc1. The van der Waals surface area contributed by atoms with Gasteiger partial charge in [0, 0.05) is 29.3 Å². The molecule has 0 bridgehead atoms. The third-order valence-corrected chi connectivity index (χ3v) is 4.03. The number of nitrogens with zero attached hydrogens (tertiary/aromatic N) is 1. The molecule has 1 aromatic carbocycles. The van der Waals surface area contributed by atoms with Gasteiger partial charge in [-0.3, -0.25) is 4.98 Å². The summed E-state index contributed by atoms with van der Waals surface area (Å²) >= 11 is 5.16. The van der Waals surface area contributed by atoms with Gasteiger partial charge in [-0.1, -0.05) is 26.3 Å². The Morgan fingerprint density at radius 3 is 2.68 bits per heavy atom. The quantitative estimate of drug-likeness (QED) is 0.437. The number of hydrogen-bond donors (Lipinski definition) is 2. The van der Waals surface area contributed by atoms with Crippen LogP contribution in [0.25, 0.3) is 5.70 Å². The Kier molecular flexibility index (Phi) is 7.80. The van der Waals surface area contributed by atoms with Gasteiger partial charge in [0.1, 0.15) is 5.75 Å². The Morgan fingerprint density at radius 2 is 2.04 bits per heavy atom. The third-order valence-electron chi connectivity index (χ3n) is 3.82. The lowest BCUT2D eigenvalue weighted by Crippen LogP contribution is -2.27. The number of pyridine rings is 1. The van der Waals surface area contributed by atoms with E-state index in [1.807, 2.05) is 6.92 Å². The van der Waals surface area contributed by atoms with Gasteiger partial charge in [-0.25, -0.2) is 0 Å². The van der Waals surface area contributed by atoms with Crippen molar-refractivity contribution in [2.45, 2.75) is 32.4 Å². The molecule has 0 unspecified atom stereocenters. The van der Waals surface area contributed by atoms with Crippen molar-refractivity contribution in [3.8, 4) is 5.75 Å². The van der Waals surface area contributed by atoms with Gasteiger partial charge in [0.05, 0.1) is 12.2 Å². The van der Waals surface area contributed by atoms with E-state index in [1.165, 1.54) is 12.1 Å². The molecule has 1 aromatic heterocycles. The summed E-state index contributed by atoms with van der Waals surface area (Å²) in [5.74, 6) is -0.187. The van der Waals surface area contributed by atoms with E-state index >= 15 is 0 Å². The first-order valence-electron chi connectivity index (χ1n) is 8.82. The van der Waals surface area contributed by atoms with Crippen LogP contribution in [0, 0.1) is 0 Å². The van der Waals surface area contributed by atoms with E-state index in [-0.39, 0.29) is 23.2 Å². The lowest BCUT2D eigenvalue weighted by Gasteiger charge is -2.17. The van der Waals surface area contributed by atoms with Gasteiger partial charge in [0.2, 0.25) is 0 Å². The Morgan fingerprint density at radius 1 is 1.25 bits per heavy atom. The smallest absolute Gasteiger partial charge is 0.420 e. The van der Waals surface area contributed by atoms with Crippen molar-refractivity contribution in [3.05, 3.63) is 60.4 Å². The van der Waals surface area contributed by atoms with Crippen LogP contribution in [-0.2, 0) is 6.18 Å². The van der Waals surface area contributed by atoms with E-state index < -0.39 is 11.7 Å². The summed E-state index contributed by atoms with van der Waals surface area (Å²) < 4.78 is 45.5. The fraction of sp³-hybridized carbons (Fsp3) is 0.300. The van der Waals surface area contributed by atoms with Crippen LogP contribution in [0.15, 0.2) is 49.3 Å². The van der Waals surface area contributed by atoms with E-state index in [9.17, 15) is 13.2 Å². The molecular weight excluding hydrogens is 387 g/mol. The molecule has 0 atom stereocenters. The van der Waals surface area contributed by atoms with Gasteiger partial charge in [0.15, 0.2) is 5.11 Å². The van der Waals surface area contributed by atoms with Gasteiger partial charge in [0.25, 0.3) is 0 Å². The topological polar surface area (TPSA) is 46.2 Å². The van der Waals surface area contributed by atoms with Crippen molar-refractivity contribution in [1.82, 2.24) is 10.3 Å². The summed E-state index contributed by atoms with van der Waals surface area (Å²) in [5.41, 5.74) is 0.559. The molecule has 2 rings (SSSR count). The van der Waals surface area contributed by atoms with E-state index in [4.69, 9.17) is 17.0 Å². The van der Waals surface area contributed by atoms with Crippen molar-refractivity contribution in [3.63, 3.8) is 0 Å². The van der Waals surface area contributed by atoms with E-state index in [2.05, 4.69) is 22.2 Å². The predicted molar refractivity (Wildman–Crippen MR) is 109 cm³/mol. The van der Waals surface area contributed by atoms with Crippen LogP contribution in [0.3, 0.4) is 0 Å². The second-order valence-electron chi connectivity index (χ2n) is 6.06. The molecule has 0 aliphatic heterocycles. The number of aromatic nitrogens is 1. The molecule has 8 heteroatoms. The van der Waals surface area contributed by atoms with E-state index in [0.29, 0.717) is 12.1 Å². The molecule has 2 aromatic rings. The fourth-order valence-electron chi connectivity index (χ4n) is 2.40. The van der Waals surface area contributed by atoms with Crippen molar-refractivity contribution in [2.75, 3.05) is 11.9 Å². The first-order valence-corrected chi connectivity index (χ1v) is 9.23. The number of halogens is 3. The number of unbranched alkanes of at least 4 members (excludes halogenated alkanes) is 2. The first-order chi connectivity index (χ1) is 13.3. The molecule has 4 nitrogen and oxygen atoms in total. The maximum absolute atomic E-state index is 13.4. The third kappa shape index (κ3) is 6.53. The number of benzene rings is 1. The zero-order chi connectivity index (χ0) is 20.6. The van der Waals surface area contributed by atoms with Crippen LogP contribution in [0.1, 0.15) is 37.3 Å². The summed E-state index contributed by atoms with van der Waals surface area (Å²) in [7, 11) is 0. The zero-order valence-corrected chi connectivity index (χ0v) is 16.3. The minimum Gasteiger partial charge on any atom is -0.493 e. The van der Waals surface area contributed by atoms with E-state index in [1.54, 1.807) is 24.5 Å². The standard InChI is InChI=1S/C20H22F3N3OS/c1-3-4-5-11-27-18-9-8-16(12-17(18)20(21,22)23)26-19(28)25-14(2)15-7-6-10-24-13-15/h6-10,12-13H,2-5,11H2,1H3,(H2,25,26,28). The van der Waals surface area contributed by atoms with Crippen molar-refractivity contribution < 1.29 is 17.9 Å². The number of nitrogens with one attached hydrogen (secondary N) is 2. The molecule has 0 aliphatic rings. The average Bonchev–Trinajstić information content (AvgIpc) is 2.66. The van der Waals surface area contributed by atoms with Crippen LogP contribution in [0.5, 0.6) is 5.75 Å². The van der Waals surface area contributed by atoms with Crippen LogP contribution in [0.4, 0.5) is 18.9 Å². The highest BCUT2D eigenvalue weighted by molar-refractivity contribution is 7.80. The fourth-order valence-corrected chi connectivity index (χ4v) is 2.64. The Balaban J connectivity index is 2.06. The van der Waals surface area contributed by atoms with Crippen molar-refractivity contribution >= 4 is 28.7 Å². The molecule has 0 spiro atoms. The molecule has 0 aliphatic carbocycles. The summed E-state index contributed by atoms with van der Waals surface area (Å²) in [5, 5.41) is 5.71. The van der Waals surface area contributed by atoms with Gasteiger partial charge < -0.3 is 15.4 Å². The molecular formula is C20H22F3N3OS. The number of rotatable bonds is 8. The summed E-state index contributed by atoms with van der Waals surface area (Å²) in [6.45, 7) is 6.11. The van der Waals surface area contributed by atoms with Gasteiger partial charge >= 0.3 is 6.18 Å². The molecule has 1 heterocycles. The number of ether oxygens (including phenoxy) is 1. The molecule has 0 saturated heterocycles. The maximum Gasteiger partial charge on any atom is 0.420 e. The molecule has 0 fully saturated rings. The van der Waals surface area contributed by atoms with Crippen LogP contribution in [-0.4, -0.2) is 16.7 Å². The number of thiocarbonyl (C=S) groups is 1. The Labute approximate surface area is 167 Å². The van der Waals surface area contributed by atoms with Crippen LogP contribution >= 0.6 is 12.2 Å². The largest absolute Gasteiger partial charge is 0.493 e. The molecule has 0 saturated carbocycles. The average molecular weight is 409 g/mol. The highest BCUT2D eigenvalue weighted by Crippen LogP contribution is 2.38. The lowest BCUT2D eigenvalue weighted by molar-refractivity contribution is -0.138. The minimum absolute atomic E-state index is 0.124. The second kappa shape index (κ2) is 10.1. The van der Waals surface area contributed by atoms with E-state index in [0.717, 1.165) is 24.5 Å². The zero-order valence-electron chi connectivity index (χ0n) is 15.5. The van der Waals surface area contributed by atoms with Crippen LogP contribution in [0.2, 0.25) is 0 Å². The summed E-state index contributed by atoms with van der Waals surface area (Å²) in [6, 6.07) is 7.31. The number of anilines is 1. The summed E-state index contributed by atoms with van der Waals surface area (Å²) in [6.07, 6.45) is 1.27. The Hall–Kier alpha value is -2.61. The highest BCUT2D eigenvalue weighted by atomic mass is 32.1. The van der Waals surface area contributed by atoms with Gasteiger partial charge in [-0.2, -0.15) is 13.2 Å². The highest BCUT2D eigenvalue weighted by Gasteiger charge is 2.34. The first kappa shape index (κ1) is 21.7. The molecule has 2 N–H and O–H groups in total. The molecule has 0 amide bonds. The minimum atomic E-state index is -4.54. The van der Waals surface area contributed by atoms with Crippen LogP contribution < -0.4 is 15.4 Å². The van der Waals surface area contributed by atoms with Gasteiger partial charge in [-0.05, 0) is 49.0 Å². The van der Waals surface area contributed by atoms with Crippen molar-refractivity contribution in [2.24, 2.45) is 0 Å². The van der Waals surface area contributed by atoms with Crippen molar-refractivity contribution in [1.29, 1.82) is 0 Å². The normalized spacial score (nSPS) is 11.0. The molecule has 150 valence electrons. The molecule has 0 radical (unpaired) electrons. The maximum atomic E-state index is 13.4. The lowest BCUT2D eigenvalue weighted by atomic mass is 10.1. The second-order valence-corrected chi connectivity index (χ2v) is 6.47.